The molecule has 66 valence electrons. The molecule has 1 fully saturated rings. The van der Waals surface area contributed by atoms with Crippen LogP contribution in [0.25, 0.3) is 0 Å². The molecule has 0 bridgehead atoms. The topological polar surface area (TPSA) is 41.5 Å². The minimum atomic E-state index is 0.0872. The fraction of sp³-hybridized carbons (Fsp3) is 0.333. The van der Waals surface area contributed by atoms with Gasteiger partial charge >= 0.3 is 0 Å². The monoisotopic (exact) mass is 238 g/mol. The van der Waals surface area contributed by atoms with Crippen LogP contribution < -0.4 is 5.32 Å². The van der Waals surface area contributed by atoms with Crippen LogP contribution in [-0.2, 0) is 4.79 Å². The van der Waals surface area contributed by atoms with Gasteiger partial charge in [0.1, 0.15) is 5.84 Å². The lowest BCUT2D eigenvalue weighted by atomic mass is 10.2. The van der Waals surface area contributed by atoms with E-state index >= 15 is 0 Å². The lowest BCUT2D eigenvalue weighted by molar-refractivity contribution is -0.119. The van der Waals surface area contributed by atoms with E-state index in [1.807, 2.05) is 0 Å². The Morgan fingerprint density at radius 2 is 2.38 bits per heavy atom. The Morgan fingerprint density at radius 1 is 1.54 bits per heavy atom. The van der Waals surface area contributed by atoms with E-state index in [-0.39, 0.29) is 5.91 Å². The van der Waals surface area contributed by atoms with Crippen LogP contribution in [0, 0.1) is 5.92 Å². The number of rotatable bonds is 0. The van der Waals surface area contributed by atoms with E-state index < -0.39 is 0 Å². The van der Waals surface area contributed by atoms with Crippen molar-refractivity contribution in [1.29, 1.82) is 0 Å². The first-order chi connectivity index (χ1) is 6.27. The van der Waals surface area contributed by atoms with Gasteiger partial charge in [-0.15, -0.1) is 0 Å². The van der Waals surface area contributed by atoms with Crippen molar-refractivity contribution in [1.82, 2.24) is 5.32 Å². The standard InChI is InChI=1S/C9H7BrN2O/c10-5-3-11-9-8-4(7(5)8)1-2-6(13)12-9/h3,8H,1-2H2,(H,11,12,13). The summed E-state index contributed by atoms with van der Waals surface area (Å²) in [4.78, 5) is 15.4. The molecule has 3 nitrogen and oxygen atoms in total. The molecule has 0 spiro atoms. The van der Waals surface area contributed by atoms with Gasteiger partial charge in [0.2, 0.25) is 5.91 Å². The van der Waals surface area contributed by atoms with Crippen molar-refractivity contribution in [2.75, 3.05) is 0 Å². The predicted molar refractivity (Wildman–Crippen MR) is 52.3 cm³/mol. The summed E-state index contributed by atoms with van der Waals surface area (Å²) in [6.07, 6.45) is 3.24. The first-order valence-corrected chi connectivity index (χ1v) is 5.03. The Kier molecular flexibility index (Phi) is 1.34. The summed E-state index contributed by atoms with van der Waals surface area (Å²) in [5.74, 6) is 1.23. The average molecular weight is 239 g/mol. The average Bonchev–Trinajstić information content (AvgIpc) is 2.82. The third kappa shape index (κ3) is 0.950. The first-order valence-electron chi connectivity index (χ1n) is 4.24. The molecule has 2 heterocycles. The zero-order valence-corrected chi connectivity index (χ0v) is 8.39. The Labute approximate surface area is 83.7 Å². The number of allylic oxidation sites excluding steroid dienone is 1. The number of carbonyl (C=O) groups is 1. The highest BCUT2D eigenvalue weighted by Gasteiger charge is 2.45. The van der Waals surface area contributed by atoms with Crippen LogP contribution in [0.2, 0.25) is 0 Å². The van der Waals surface area contributed by atoms with Gasteiger partial charge in [-0.2, -0.15) is 0 Å². The molecule has 3 rings (SSSR count). The van der Waals surface area contributed by atoms with Crippen molar-refractivity contribution in [3.63, 3.8) is 0 Å². The molecule has 0 saturated carbocycles. The number of amides is 1. The third-order valence-corrected chi connectivity index (χ3v) is 3.27. The number of aliphatic imine (C=N–C) groups is 1. The molecule has 0 aromatic heterocycles. The molecule has 1 N–H and O–H groups in total. The molecule has 1 saturated heterocycles. The van der Waals surface area contributed by atoms with Crippen LogP contribution in [0.4, 0.5) is 0 Å². The zero-order valence-electron chi connectivity index (χ0n) is 6.80. The van der Waals surface area contributed by atoms with Gasteiger partial charge in [0, 0.05) is 17.1 Å². The number of hydrogen-bond donors (Lipinski definition) is 1. The fourth-order valence-corrected chi connectivity index (χ4v) is 2.55. The van der Waals surface area contributed by atoms with Gasteiger partial charge in [0.05, 0.1) is 5.92 Å². The van der Waals surface area contributed by atoms with E-state index in [9.17, 15) is 4.79 Å². The van der Waals surface area contributed by atoms with Crippen molar-refractivity contribution in [3.8, 4) is 0 Å². The van der Waals surface area contributed by atoms with E-state index in [1.165, 1.54) is 11.1 Å². The van der Waals surface area contributed by atoms with Crippen molar-refractivity contribution < 1.29 is 4.79 Å². The second-order valence-electron chi connectivity index (χ2n) is 3.41. The molecular formula is C9H7BrN2O. The van der Waals surface area contributed by atoms with Crippen molar-refractivity contribution in [2.24, 2.45) is 10.9 Å². The van der Waals surface area contributed by atoms with Crippen LogP contribution in [0.3, 0.4) is 0 Å². The van der Waals surface area contributed by atoms with Crippen LogP contribution in [-0.4, -0.2) is 11.7 Å². The molecule has 4 heteroatoms. The van der Waals surface area contributed by atoms with E-state index in [1.54, 1.807) is 6.20 Å². The minimum Gasteiger partial charge on any atom is -0.313 e. The number of nitrogens with zero attached hydrogens (tertiary/aromatic N) is 1. The molecule has 1 aliphatic carbocycles. The fourth-order valence-electron chi connectivity index (χ4n) is 1.97. The van der Waals surface area contributed by atoms with Crippen LogP contribution in [0.5, 0.6) is 0 Å². The molecule has 13 heavy (non-hydrogen) atoms. The number of halogens is 1. The second kappa shape index (κ2) is 2.32. The van der Waals surface area contributed by atoms with Gasteiger partial charge in [0.25, 0.3) is 0 Å². The largest absolute Gasteiger partial charge is 0.313 e. The summed E-state index contributed by atoms with van der Waals surface area (Å²) in [6.45, 7) is 0. The normalized spacial score (nSPS) is 29.9. The van der Waals surface area contributed by atoms with Crippen molar-refractivity contribution in [3.05, 3.63) is 21.8 Å². The molecular weight excluding hydrogens is 232 g/mol. The molecule has 2 aliphatic heterocycles. The highest BCUT2D eigenvalue weighted by atomic mass is 79.9. The molecule has 0 aromatic rings. The summed E-state index contributed by atoms with van der Waals surface area (Å²) in [5.41, 5.74) is 2.71. The van der Waals surface area contributed by atoms with E-state index in [2.05, 4.69) is 26.2 Å². The summed E-state index contributed by atoms with van der Waals surface area (Å²) in [7, 11) is 0. The Balaban J connectivity index is 2.07. The maximum absolute atomic E-state index is 11.2. The highest BCUT2D eigenvalue weighted by molar-refractivity contribution is 9.12. The van der Waals surface area contributed by atoms with Gasteiger partial charge in [-0.3, -0.25) is 4.79 Å². The Morgan fingerprint density at radius 3 is 3.23 bits per heavy atom. The van der Waals surface area contributed by atoms with Crippen molar-refractivity contribution in [2.45, 2.75) is 12.8 Å². The van der Waals surface area contributed by atoms with E-state index in [0.717, 1.165) is 16.7 Å². The lowest BCUT2D eigenvalue weighted by Crippen LogP contribution is -2.31. The SMILES string of the molecule is O=C1CCC2=C3C(Br)=CN=C(N1)C23. The number of carbonyl (C=O) groups excluding carboxylic acids is 1. The minimum absolute atomic E-state index is 0.0872. The lowest BCUT2D eigenvalue weighted by Gasteiger charge is -2.09. The number of hydrogen-bond acceptors (Lipinski definition) is 2. The maximum Gasteiger partial charge on any atom is 0.225 e. The Hall–Kier alpha value is -0.900. The quantitative estimate of drug-likeness (QED) is 0.683. The molecule has 1 atom stereocenters. The first kappa shape index (κ1) is 7.50. The van der Waals surface area contributed by atoms with Gasteiger partial charge in [0.15, 0.2) is 0 Å². The molecule has 3 aliphatic rings. The second-order valence-corrected chi connectivity index (χ2v) is 4.27. The van der Waals surface area contributed by atoms with Gasteiger partial charge in [-0.25, -0.2) is 4.99 Å². The molecule has 1 unspecified atom stereocenters. The van der Waals surface area contributed by atoms with E-state index in [0.29, 0.717) is 12.3 Å². The highest BCUT2D eigenvalue weighted by Crippen LogP contribution is 2.51. The third-order valence-electron chi connectivity index (χ3n) is 2.64. The molecule has 1 amide bonds. The summed E-state index contributed by atoms with van der Waals surface area (Å²) in [5, 5.41) is 2.83. The Bertz CT molecular complexity index is 406. The number of amidine groups is 1. The summed E-state index contributed by atoms with van der Waals surface area (Å²) >= 11 is 3.46. The van der Waals surface area contributed by atoms with Crippen LogP contribution >= 0.6 is 15.9 Å². The van der Waals surface area contributed by atoms with Crippen LogP contribution in [0.15, 0.2) is 26.8 Å². The smallest absolute Gasteiger partial charge is 0.225 e. The summed E-state index contributed by atoms with van der Waals surface area (Å²) < 4.78 is 1.08. The zero-order chi connectivity index (χ0) is 9.00. The van der Waals surface area contributed by atoms with Crippen LogP contribution in [0.1, 0.15) is 12.8 Å². The van der Waals surface area contributed by atoms with E-state index in [4.69, 9.17) is 0 Å². The maximum atomic E-state index is 11.2. The summed E-state index contributed by atoms with van der Waals surface area (Å²) in [6, 6.07) is 0. The molecule has 0 radical (unpaired) electrons. The van der Waals surface area contributed by atoms with Gasteiger partial charge in [-0.05, 0) is 33.5 Å². The van der Waals surface area contributed by atoms with Gasteiger partial charge < -0.3 is 5.32 Å². The molecule has 0 aromatic carbocycles. The van der Waals surface area contributed by atoms with Gasteiger partial charge in [-0.1, -0.05) is 0 Å². The van der Waals surface area contributed by atoms with Crippen molar-refractivity contribution >= 4 is 27.7 Å². The number of nitrogens with one attached hydrogen (secondary N) is 1. The predicted octanol–water partition coefficient (Wildman–Crippen LogP) is 1.47.